The maximum atomic E-state index is 5.46. The Morgan fingerprint density at radius 1 is 1.62 bits per heavy atom. The molecule has 0 aliphatic carbocycles. The third-order valence-corrected chi connectivity index (χ3v) is 2.43. The Balaban J connectivity index is 2.08. The minimum Gasteiger partial charge on any atom is -0.368 e. The van der Waals surface area contributed by atoms with Crippen molar-refractivity contribution in [2.45, 2.75) is 19.8 Å². The monoisotopic (exact) mass is 181 g/mol. The van der Waals surface area contributed by atoms with Crippen LogP contribution in [-0.4, -0.2) is 28.3 Å². The molecule has 1 saturated heterocycles. The van der Waals surface area contributed by atoms with Crippen molar-refractivity contribution >= 4 is 11.9 Å². The summed E-state index contributed by atoms with van der Waals surface area (Å²) in [6, 6.07) is 0. The number of rotatable bonds is 1. The van der Waals surface area contributed by atoms with Gasteiger partial charge in [0.15, 0.2) is 0 Å². The van der Waals surface area contributed by atoms with E-state index >= 15 is 0 Å². The number of nitrogens with one attached hydrogen (secondary N) is 1. The van der Waals surface area contributed by atoms with Gasteiger partial charge in [0.1, 0.15) is 0 Å². The summed E-state index contributed by atoms with van der Waals surface area (Å²) in [6.45, 7) is 4.33. The molecule has 2 heterocycles. The summed E-state index contributed by atoms with van der Waals surface area (Å²) in [5.74, 6) is 1.87. The van der Waals surface area contributed by atoms with Gasteiger partial charge in [0.2, 0.25) is 11.9 Å². The minimum atomic E-state index is 0.397. The summed E-state index contributed by atoms with van der Waals surface area (Å²) in [6.07, 6.45) is 2.52. The molecule has 1 aromatic rings. The number of nitrogens with zero attached hydrogens (tertiary/aromatic N) is 3. The van der Waals surface area contributed by atoms with Crippen LogP contribution in [0.4, 0.5) is 11.9 Å². The Morgan fingerprint density at radius 3 is 3.08 bits per heavy atom. The lowest BCUT2D eigenvalue weighted by atomic mass is 10.0. The topological polar surface area (TPSA) is 70.8 Å². The van der Waals surface area contributed by atoms with Gasteiger partial charge in [0.05, 0.1) is 0 Å². The second-order valence-corrected chi connectivity index (χ2v) is 3.71. The number of piperidine rings is 1. The molecule has 13 heavy (non-hydrogen) atoms. The zero-order valence-electron chi connectivity index (χ0n) is 7.82. The molecule has 0 amide bonds. The number of hydrogen-bond donors (Lipinski definition) is 2. The molecule has 5 nitrogen and oxygen atoms in total. The Morgan fingerprint density at radius 2 is 2.46 bits per heavy atom. The van der Waals surface area contributed by atoms with Crippen molar-refractivity contribution in [3.05, 3.63) is 0 Å². The molecule has 5 heteroatoms. The van der Waals surface area contributed by atoms with Crippen LogP contribution in [0.2, 0.25) is 0 Å². The van der Waals surface area contributed by atoms with Crippen molar-refractivity contribution in [1.82, 2.24) is 15.2 Å². The molecule has 1 unspecified atom stereocenters. The third kappa shape index (κ3) is 1.74. The standard InChI is InChI=1S/C8H15N5/c1-6-3-2-4-13(5-6)8-10-7(9)11-12-8/h6H,2-5H2,1H3,(H3,9,10,11,12). The van der Waals surface area contributed by atoms with E-state index in [-0.39, 0.29) is 0 Å². The lowest BCUT2D eigenvalue weighted by Gasteiger charge is -2.29. The van der Waals surface area contributed by atoms with Gasteiger partial charge in [0, 0.05) is 13.1 Å². The van der Waals surface area contributed by atoms with Crippen LogP contribution in [0.15, 0.2) is 0 Å². The fourth-order valence-electron chi connectivity index (χ4n) is 1.78. The molecule has 72 valence electrons. The van der Waals surface area contributed by atoms with Crippen LogP contribution in [0.1, 0.15) is 19.8 Å². The second kappa shape index (κ2) is 3.24. The number of aromatic amines is 1. The van der Waals surface area contributed by atoms with Gasteiger partial charge < -0.3 is 10.6 Å². The highest BCUT2D eigenvalue weighted by molar-refractivity contribution is 5.34. The normalized spacial score (nSPS) is 23.5. The van der Waals surface area contributed by atoms with E-state index in [1.165, 1.54) is 12.8 Å². The number of hydrogen-bond acceptors (Lipinski definition) is 4. The Hall–Kier alpha value is -1.26. The zero-order valence-corrected chi connectivity index (χ0v) is 7.82. The van der Waals surface area contributed by atoms with Crippen molar-refractivity contribution in [3.8, 4) is 0 Å². The van der Waals surface area contributed by atoms with Crippen LogP contribution in [0, 0.1) is 5.92 Å². The molecule has 1 aromatic heterocycles. The van der Waals surface area contributed by atoms with Crippen LogP contribution >= 0.6 is 0 Å². The lowest BCUT2D eigenvalue weighted by molar-refractivity contribution is 0.442. The first-order valence-corrected chi connectivity index (χ1v) is 4.68. The number of H-pyrrole nitrogens is 1. The van der Waals surface area contributed by atoms with E-state index in [0.29, 0.717) is 5.95 Å². The number of anilines is 2. The van der Waals surface area contributed by atoms with Crippen molar-refractivity contribution in [1.29, 1.82) is 0 Å². The van der Waals surface area contributed by atoms with E-state index < -0.39 is 0 Å². The predicted molar refractivity (Wildman–Crippen MR) is 51.4 cm³/mol. The summed E-state index contributed by atoms with van der Waals surface area (Å²) in [7, 11) is 0. The molecule has 2 rings (SSSR count). The van der Waals surface area contributed by atoms with E-state index in [0.717, 1.165) is 25.0 Å². The summed E-state index contributed by atoms with van der Waals surface area (Å²) >= 11 is 0. The second-order valence-electron chi connectivity index (χ2n) is 3.71. The summed E-state index contributed by atoms with van der Waals surface area (Å²) in [5.41, 5.74) is 5.46. The quantitative estimate of drug-likeness (QED) is 0.666. The first kappa shape index (κ1) is 8.34. The van der Waals surface area contributed by atoms with E-state index in [2.05, 4.69) is 27.0 Å². The number of nitrogens with two attached hydrogens (primary N) is 1. The van der Waals surface area contributed by atoms with Gasteiger partial charge in [-0.05, 0) is 18.8 Å². The molecule has 0 saturated carbocycles. The van der Waals surface area contributed by atoms with E-state index in [9.17, 15) is 0 Å². The highest BCUT2D eigenvalue weighted by Crippen LogP contribution is 2.19. The Labute approximate surface area is 77.3 Å². The average Bonchev–Trinajstić information content (AvgIpc) is 2.52. The van der Waals surface area contributed by atoms with E-state index in [4.69, 9.17) is 5.73 Å². The van der Waals surface area contributed by atoms with Crippen LogP contribution in [-0.2, 0) is 0 Å². The zero-order chi connectivity index (χ0) is 9.26. The van der Waals surface area contributed by atoms with Gasteiger partial charge in [-0.15, -0.1) is 5.10 Å². The van der Waals surface area contributed by atoms with Crippen LogP contribution < -0.4 is 10.6 Å². The molecule has 0 aromatic carbocycles. The van der Waals surface area contributed by atoms with Gasteiger partial charge >= 0.3 is 0 Å². The van der Waals surface area contributed by atoms with Crippen molar-refractivity contribution in [3.63, 3.8) is 0 Å². The van der Waals surface area contributed by atoms with E-state index in [1.54, 1.807) is 0 Å². The smallest absolute Gasteiger partial charge is 0.246 e. The molecule has 1 aliphatic heterocycles. The molecule has 0 radical (unpaired) electrons. The fraction of sp³-hybridized carbons (Fsp3) is 0.750. The maximum absolute atomic E-state index is 5.46. The lowest BCUT2D eigenvalue weighted by Crippen LogP contribution is -2.34. The summed E-state index contributed by atoms with van der Waals surface area (Å²) in [4.78, 5) is 6.29. The summed E-state index contributed by atoms with van der Waals surface area (Å²) < 4.78 is 0. The van der Waals surface area contributed by atoms with Gasteiger partial charge in [-0.25, -0.2) is 5.10 Å². The molecule has 0 bridgehead atoms. The number of aromatic nitrogens is 3. The van der Waals surface area contributed by atoms with Gasteiger partial charge in [-0.1, -0.05) is 6.92 Å². The molecule has 1 fully saturated rings. The summed E-state index contributed by atoms with van der Waals surface area (Å²) in [5, 5.41) is 6.69. The van der Waals surface area contributed by atoms with Crippen molar-refractivity contribution < 1.29 is 0 Å². The maximum Gasteiger partial charge on any atom is 0.246 e. The van der Waals surface area contributed by atoms with Gasteiger partial charge in [-0.2, -0.15) is 4.98 Å². The van der Waals surface area contributed by atoms with E-state index in [1.807, 2.05) is 0 Å². The highest BCUT2D eigenvalue weighted by atomic mass is 15.4. The molecule has 0 spiro atoms. The highest BCUT2D eigenvalue weighted by Gasteiger charge is 2.19. The molecule has 3 N–H and O–H groups in total. The average molecular weight is 181 g/mol. The predicted octanol–water partition coefficient (Wildman–Crippen LogP) is 0.623. The molecular formula is C8H15N5. The third-order valence-electron chi connectivity index (χ3n) is 2.43. The SMILES string of the molecule is CC1CCCN(c2n[nH]c(N)n2)C1. The van der Waals surface area contributed by atoms with Crippen molar-refractivity contribution in [2.24, 2.45) is 5.92 Å². The van der Waals surface area contributed by atoms with Crippen LogP contribution in [0.25, 0.3) is 0 Å². The minimum absolute atomic E-state index is 0.397. The first-order valence-electron chi connectivity index (χ1n) is 4.68. The fourth-order valence-corrected chi connectivity index (χ4v) is 1.78. The molecule has 1 atom stereocenters. The van der Waals surface area contributed by atoms with Crippen LogP contribution in [0.5, 0.6) is 0 Å². The van der Waals surface area contributed by atoms with Gasteiger partial charge in [0.25, 0.3) is 0 Å². The Bertz CT molecular complexity index is 282. The molecule has 1 aliphatic rings. The first-order chi connectivity index (χ1) is 6.25. The largest absolute Gasteiger partial charge is 0.368 e. The van der Waals surface area contributed by atoms with Crippen LogP contribution in [0.3, 0.4) is 0 Å². The number of nitrogen functional groups attached to an aromatic ring is 1. The molecular weight excluding hydrogens is 166 g/mol. The van der Waals surface area contributed by atoms with Gasteiger partial charge in [-0.3, -0.25) is 0 Å². The van der Waals surface area contributed by atoms with Crippen molar-refractivity contribution in [2.75, 3.05) is 23.7 Å². The Kier molecular flexibility index (Phi) is 2.08.